The molecule has 0 heterocycles. The van der Waals surface area contributed by atoms with Crippen molar-refractivity contribution in [3.63, 3.8) is 0 Å². The Morgan fingerprint density at radius 2 is 1.00 bits per heavy atom. The number of rotatable bonds is 4. The van der Waals surface area contributed by atoms with E-state index in [9.17, 15) is 9.59 Å². The van der Waals surface area contributed by atoms with Crippen molar-refractivity contribution in [3.05, 3.63) is 81.9 Å². The van der Waals surface area contributed by atoms with Crippen LogP contribution in [0.25, 0.3) is 10.8 Å². The van der Waals surface area contributed by atoms with Crippen molar-refractivity contribution in [2.45, 2.75) is 39.5 Å². The van der Waals surface area contributed by atoms with Crippen LogP contribution in [0, 0.1) is 0 Å². The minimum Gasteiger partial charge on any atom is -0.289 e. The lowest BCUT2D eigenvalue weighted by molar-refractivity contribution is 0.0979. The van der Waals surface area contributed by atoms with Crippen molar-refractivity contribution in [3.8, 4) is 0 Å². The molecule has 0 bridgehead atoms. The first-order valence-electron chi connectivity index (χ1n) is 9.42. The largest absolute Gasteiger partial charge is 0.289 e. The van der Waals surface area contributed by atoms with Crippen molar-refractivity contribution >= 4 is 22.3 Å². The zero-order valence-corrected chi connectivity index (χ0v) is 15.3. The highest BCUT2D eigenvalue weighted by Gasteiger charge is 2.31. The van der Waals surface area contributed by atoms with Gasteiger partial charge < -0.3 is 0 Å². The van der Waals surface area contributed by atoms with Gasteiger partial charge in [0.25, 0.3) is 0 Å². The maximum absolute atomic E-state index is 13.2. The van der Waals surface area contributed by atoms with E-state index < -0.39 is 0 Å². The van der Waals surface area contributed by atoms with Gasteiger partial charge in [0.15, 0.2) is 11.6 Å². The first kappa shape index (κ1) is 16.7. The van der Waals surface area contributed by atoms with Crippen molar-refractivity contribution in [2.24, 2.45) is 0 Å². The molecule has 130 valence electrons. The van der Waals surface area contributed by atoms with E-state index in [1.807, 2.05) is 48.5 Å². The molecule has 2 heteroatoms. The number of carbonyl (C=O) groups excluding carboxylic acids is 2. The number of benzene rings is 3. The van der Waals surface area contributed by atoms with Crippen LogP contribution < -0.4 is 0 Å². The summed E-state index contributed by atoms with van der Waals surface area (Å²) < 4.78 is 0. The number of aryl methyl sites for hydroxylation is 2. The summed E-state index contributed by atoms with van der Waals surface area (Å²) in [6, 6.07) is 15.6. The van der Waals surface area contributed by atoms with E-state index in [0.29, 0.717) is 22.3 Å². The molecule has 1 aliphatic carbocycles. The number of ketones is 2. The van der Waals surface area contributed by atoms with Crippen molar-refractivity contribution < 1.29 is 9.59 Å². The molecule has 26 heavy (non-hydrogen) atoms. The van der Waals surface area contributed by atoms with Crippen LogP contribution in [0.1, 0.15) is 69.7 Å². The molecule has 0 amide bonds. The van der Waals surface area contributed by atoms with E-state index in [1.165, 1.54) is 11.1 Å². The molecule has 3 aromatic carbocycles. The molecule has 0 saturated carbocycles. The maximum atomic E-state index is 13.2. The summed E-state index contributed by atoms with van der Waals surface area (Å²) in [5.74, 6) is -0.0542. The van der Waals surface area contributed by atoms with Gasteiger partial charge >= 0.3 is 0 Å². The zero-order chi connectivity index (χ0) is 18.3. The SMILES string of the molecule is CCCc1cc2c(cc1CCC)C(=O)c1cc3ccccc3cc1C2=O. The molecule has 0 saturated heterocycles. The lowest BCUT2D eigenvalue weighted by Gasteiger charge is -2.21. The molecular formula is C24H22O2. The Hall–Kier alpha value is -2.74. The first-order valence-corrected chi connectivity index (χ1v) is 9.42. The highest BCUT2D eigenvalue weighted by molar-refractivity contribution is 6.29. The van der Waals surface area contributed by atoms with E-state index in [-0.39, 0.29) is 11.6 Å². The van der Waals surface area contributed by atoms with Gasteiger partial charge in [-0.15, -0.1) is 0 Å². The Kier molecular flexibility index (Phi) is 4.20. The van der Waals surface area contributed by atoms with Crippen molar-refractivity contribution in [1.29, 1.82) is 0 Å². The van der Waals surface area contributed by atoms with Gasteiger partial charge in [-0.05, 0) is 59.0 Å². The quantitative estimate of drug-likeness (QED) is 0.489. The monoisotopic (exact) mass is 342 g/mol. The second-order valence-corrected chi connectivity index (χ2v) is 7.07. The van der Waals surface area contributed by atoms with Crippen LogP contribution in [0.2, 0.25) is 0 Å². The fourth-order valence-electron chi connectivity index (χ4n) is 3.98. The van der Waals surface area contributed by atoms with Gasteiger partial charge in [-0.3, -0.25) is 9.59 Å². The third-order valence-electron chi connectivity index (χ3n) is 5.24. The highest BCUT2D eigenvalue weighted by Crippen LogP contribution is 2.33. The molecule has 0 atom stereocenters. The molecule has 3 aromatic rings. The predicted molar refractivity (Wildman–Crippen MR) is 105 cm³/mol. The van der Waals surface area contributed by atoms with E-state index in [4.69, 9.17) is 0 Å². The Bertz CT molecular complexity index is 960. The minimum absolute atomic E-state index is 0.0271. The van der Waals surface area contributed by atoms with Gasteiger partial charge in [0.2, 0.25) is 0 Å². The molecule has 0 aliphatic heterocycles. The number of hydrogen-bond acceptors (Lipinski definition) is 2. The summed E-state index contributed by atoms with van der Waals surface area (Å²) in [5.41, 5.74) is 4.62. The minimum atomic E-state index is -0.0271. The lowest BCUT2D eigenvalue weighted by Crippen LogP contribution is -2.22. The molecule has 0 aromatic heterocycles. The molecule has 2 nitrogen and oxygen atoms in total. The molecular weight excluding hydrogens is 320 g/mol. The van der Waals surface area contributed by atoms with Crippen molar-refractivity contribution in [2.75, 3.05) is 0 Å². The summed E-state index contributed by atoms with van der Waals surface area (Å²) in [4.78, 5) is 26.3. The van der Waals surface area contributed by atoms with Gasteiger partial charge in [-0.2, -0.15) is 0 Å². The average Bonchev–Trinajstić information content (AvgIpc) is 2.66. The highest BCUT2D eigenvalue weighted by atomic mass is 16.1. The van der Waals surface area contributed by atoms with Gasteiger partial charge in [0, 0.05) is 22.3 Å². The third kappa shape index (κ3) is 2.57. The molecule has 0 fully saturated rings. The molecule has 0 N–H and O–H groups in total. The van der Waals surface area contributed by atoms with E-state index in [2.05, 4.69) is 13.8 Å². The summed E-state index contributed by atoms with van der Waals surface area (Å²) in [6.07, 6.45) is 3.93. The van der Waals surface area contributed by atoms with Crippen LogP contribution in [0.3, 0.4) is 0 Å². The molecule has 0 spiro atoms. The van der Waals surface area contributed by atoms with E-state index in [0.717, 1.165) is 36.5 Å². The topological polar surface area (TPSA) is 34.1 Å². The standard InChI is InChI=1S/C24H22O2/c1-3-7-15-11-19-20(12-16(15)8-4-2)24(26)22-14-18-10-6-5-9-17(18)13-21(22)23(19)25/h5-6,9-14H,3-4,7-8H2,1-2H3. The van der Waals surface area contributed by atoms with Crippen LogP contribution in [0.15, 0.2) is 48.5 Å². The summed E-state index contributed by atoms with van der Waals surface area (Å²) in [6.45, 7) is 4.28. The van der Waals surface area contributed by atoms with Crippen molar-refractivity contribution in [1.82, 2.24) is 0 Å². The number of carbonyl (C=O) groups is 2. The van der Waals surface area contributed by atoms with Gasteiger partial charge in [-0.1, -0.05) is 51.0 Å². The fourth-order valence-corrected chi connectivity index (χ4v) is 3.98. The van der Waals surface area contributed by atoms with Crippen LogP contribution in [-0.4, -0.2) is 11.6 Å². The Morgan fingerprint density at radius 3 is 1.38 bits per heavy atom. The van der Waals surface area contributed by atoms with Crippen LogP contribution in [-0.2, 0) is 12.8 Å². The molecule has 0 radical (unpaired) electrons. The summed E-state index contributed by atoms with van der Waals surface area (Å²) in [7, 11) is 0. The number of hydrogen-bond donors (Lipinski definition) is 0. The average molecular weight is 342 g/mol. The van der Waals surface area contributed by atoms with E-state index in [1.54, 1.807) is 0 Å². The number of fused-ring (bicyclic) bond motifs is 3. The Morgan fingerprint density at radius 1 is 0.615 bits per heavy atom. The zero-order valence-electron chi connectivity index (χ0n) is 15.3. The maximum Gasteiger partial charge on any atom is 0.194 e. The molecule has 4 rings (SSSR count). The third-order valence-corrected chi connectivity index (χ3v) is 5.24. The first-order chi connectivity index (χ1) is 12.6. The van der Waals surface area contributed by atoms with Gasteiger partial charge in [0.05, 0.1) is 0 Å². The molecule has 1 aliphatic rings. The summed E-state index contributed by atoms with van der Waals surface area (Å²) in [5, 5.41) is 1.99. The lowest BCUT2D eigenvalue weighted by atomic mass is 9.80. The van der Waals surface area contributed by atoms with Gasteiger partial charge in [0.1, 0.15) is 0 Å². The van der Waals surface area contributed by atoms with Crippen LogP contribution >= 0.6 is 0 Å². The van der Waals surface area contributed by atoms with Crippen LogP contribution in [0.4, 0.5) is 0 Å². The second kappa shape index (κ2) is 6.53. The Balaban J connectivity index is 1.93. The predicted octanol–water partition coefficient (Wildman–Crippen LogP) is 5.52. The van der Waals surface area contributed by atoms with E-state index >= 15 is 0 Å². The Labute approximate surface area is 153 Å². The van der Waals surface area contributed by atoms with Crippen LogP contribution in [0.5, 0.6) is 0 Å². The smallest absolute Gasteiger partial charge is 0.194 e. The normalized spacial score (nSPS) is 13.0. The summed E-state index contributed by atoms with van der Waals surface area (Å²) >= 11 is 0. The molecule has 0 unspecified atom stereocenters. The fraction of sp³-hybridized carbons (Fsp3) is 0.250. The second-order valence-electron chi connectivity index (χ2n) is 7.07. The van der Waals surface area contributed by atoms with Gasteiger partial charge in [-0.25, -0.2) is 0 Å².